The number of rotatable bonds is 6. The highest BCUT2D eigenvalue weighted by Crippen LogP contribution is 2.23. The summed E-state index contributed by atoms with van der Waals surface area (Å²) in [6.45, 7) is 6.12. The number of urea groups is 1. The number of carbonyl (C=O) groups excluding carboxylic acids is 1. The van der Waals surface area contributed by atoms with E-state index in [4.69, 9.17) is 4.42 Å². The van der Waals surface area contributed by atoms with Crippen LogP contribution in [0.15, 0.2) is 29.0 Å². The third kappa shape index (κ3) is 5.07. The van der Waals surface area contributed by atoms with E-state index in [2.05, 4.69) is 20.8 Å². The van der Waals surface area contributed by atoms with Crippen LogP contribution in [-0.4, -0.2) is 34.0 Å². The monoisotopic (exact) mass is 318 g/mol. The number of amides is 2. The van der Waals surface area contributed by atoms with Crippen molar-refractivity contribution in [2.24, 2.45) is 5.92 Å². The Morgan fingerprint density at radius 3 is 2.83 bits per heavy atom. The molecule has 0 spiro atoms. The molecule has 0 aliphatic rings. The van der Waals surface area contributed by atoms with Gasteiger partial charge in [-0.3, -0.25) is 0 Å². The fourth-order valence-corrected chi connectivity index (χ4v) is 2.29. The van der Waals surface area contributed by atoms with Gasteiger partial charge in [-0.25, -0.2) is 4.79 Å². The zero-order chi connectivity index (χ0) is 16.8. The highest BCUT2D eigenvalue weighted by atomic mass is 16.4. The molecule has 2 rings (SSSR count). The van der Waals surface area contributed by atoms with Crippen molar-refractivity contribution in [3.8, 4) is 11.5 Å². The van der Waals surface area contributed by atoms with Gasteiger partial charge in [-0.15, -0.1) is 10.2 Å². The SMILES string of the molecule is Cc1ccc(-c2nnco2)cc1NC(=O)NCC(C)CC(C)O. The maximum atomic E-state index is 12.0. The molecular formula is C16H22N4O3. The smallest absolute Gasteiger partial charge is 0.319 e. The zero-order valence-corrected chi connectivity index (χ0v) is 13.5. The fraction of sp³-hybridized carbons (Fsp3) is 0.438. The summed E-state index contributed by atoms with van der Waals surface area (Å²) >= 11 is 0. The maximum Gasteiger partial charge on any atom is 0.319 e. The molecule has 0 aliphatic heterocycles. The Morgan fingerprint density at radius 2 is 2.17 bits per heavy atom. The molecule has 1 aromatic carbocycles. The Labute approximate surface area is 135 Å². The molecule has 2 aromatic rings. The lowest BCUT2D eigenvalue weighted by Gasteiger charge is -2.15. The van der Waals surface area contributed by atoms with Crippen LogP contribution in [0.1, 0.15) is 25.8 Å². The molecule has 0 saturated heterocycles. The topological polar surface area (TPSA) is 100 Å². The van der Waals surface area contributed by atoms with Crippen LogP contribution in [-0.2, 0) is 0 Å². The molecule has 124 valence electrons. The van der Waals surface area contributed by atoms with Crippen LogP contribution < -0.4 is 10.6 Å². The first kappa shape index (κ1) is 17.0. The first-order valence-corrected chi connectivity index (χ1v) is 7.55. The van der Waals surface area contributed by atoms with Crippen LogP contribution in [0.2, 0.25) is 0 Å². The van der Waals surface area contributed by atoms with Gasteiger partial charge in [0.2, 0.25) is 12.3 Å². The predicted octanol–water partition coefficient (Wildman–Crippen LogP) is 2.57. The summed E-state index contributed by atoms with van der Waals surface area (Å²) in [6.07, 6.45) is 1.54. The van der Waals surface area contributed by atoms with Crippen LogP contribution in [0.5, 0.6) is 0 Å². The minimum atomic E-state index is -0.372. The number of nitrogens with zero attached hydrogens (tertiary/aromatic N) is 2. The molecule has 2 unspecified atom stereocenters. The number of aryl methyl sites for hydroxylation is 1. The average Bonchev–Trinajstić information content (AvgIpc) is 3.01. The number of aliphatic hydroxyl groups excluding tert-OH is 1. The van der Waals surface area contributed by atoms with E-state index in [1.54, 1.807) is 13.0 Å². The molecule has 7 nitrogen and oxygen atoms in total. The molecule has 0 bridgehead atoms. The van der Waals surface area contributed by atoms with Crippen LogP contribution in [0.3, 0.4) is 0 Å². The summed E-state index contributed by atoms with van der Waals surface area (Å²) in [4.78, 5) is 12.0. The van der Waals surface area contributed by atoms with E-state index in [9.17, 15) is 9.90 Å². The number of aliphatic hydroxyl groups is 1. The lowest BCUT2D eigenvalue weighted by atomic mass is 10.1. The summed E-state index contributed by atoms with van der Waals surface area (Å²) in [7, 11) is 0. The minimum absolute atomic E-state index is 0.201. The summed E-state index contributed by atoms with van der Waals surface area (Å²) in [5.41, 5.74) is 2.35. The second kappa shape index (κ2) is 7.73. The number of benzene rings is 1. The van der Waals surface area contributed by atoms with Crippen molar-refractivity contribution in [1.29, 1.82) is 0 Å². The molecule has 0 radical (unpaired) electrons. The van der Waals surface area contributed by atoms with Crippen molar-refractivity contribution in [3.63, 3.8) is 0 Å². The van der Waals surface area contributed by atoms with Crippen molar-refractivity contribution in [3.05, 3.63) is 30.2 Å². The Bertz CT molecular complexity index is 641. The molecule has 2 amide bonds. The van der Waals surface area contributed by atoms with Gasteiger partial charge in [0.05, 0.1) is 6.10 Å². The summed E-state index contributed by atoms with van der Waals surface area (Å²) in [5.74, 6) is 0.602. The first-order chi connectivity index (χ1) is 11.0. The van der Waals surface area contributed by atoms with Gasteiger partial charge < -0.3 is 20.2 Å². The highest BCUT2D eigenvalue weighted by molar-refractivity contribution is 5.90. The Hall–Kier alpha value is -2.41. The Kier molecular flexibility index (Phi) is 5.70. The predicted molar refractivity (Wildman–Crippen MR) is 87.0 cm³/mol. The molecule has 7 heteroatoms. The van der Waals surface area contributed by atoms with Gasteiger partial charge in [-0.05, 0) is 43.9 Å². The largest absolute Gasteiger partial charge is 0.423 e. The summed E-state index contributed by atoms with van der Waals surface area (Å²) in [5, 5.41) is 22.5. The van der Waals surface area contributed by atoms with Gasteiger partial charge in [0.15, 0.2) is 0 Å². The standard InChI is InChI=1S/C16H22N4O3/c1-10(6-12(3)21)8-17-16(22)19-14-7-13(5-4-11(14)2)15-20-18-9-23-15/h4-5,7,9-10,12,21H,6,8H2,1-3H3,(H2,17,19,22). The van der Waals surface area contributed by atoms with Crippen molar-refractivity contribution in [2.75, 3.05) is 11.9 Å². The third-order valence-corrected chi connectivity index (χ3v) is 3.45. The number of hydrogen-bond donors (Lipinski definition) is 3. The Morgan fingerprint density at radius 1 is 1.39 bits per heavy atom. The molecule has 1 heterocycles. The van der Waals surface area contributed by atoms with Gasteiger partial charge in [-0.1, -0.05) is 13.0 Å². The fourth-order valence-electron chi connectivity index (χ4n) is 2.29. The van der Waals surface area contributed by atoms with Crippen LogP contribution in [0.4, 0.5) is 10.5 Å². The molecule has 23 heavy (non-hydrogen) atoms. The Balaban J connectivity index is 1.96. The van der Waals surface area contributed by atoms with Crippen molar-refractivity contribution >= 4 is 11.7 Å². The maximum absolute atomic E-state index is 12.0. The summed E-state index contributed by atoms with van der Waals surface area (Å²) in [6, 6.07) is 5.25. The van der Waals surface area contributed by atoms with Crippen molar-refractivity contribution < 1.29 is 14.3 Å². The van der Waals surface area contributed by atoms with Gasteiger partial charge in [-0.2, -0.15) is 0 Å². The second-order valence-electron chi connectivity index (χ2n) is 5.80. The lowest BCUT2D eigenvalue weighted by Crippen LogP contribution is -2.33. The number of aromatic nitrogens is 2. The lowest BCUT2D eigenvalue weighted by molar-refractivity contribution is 0.163. The zero-order valence-electron chi connectivity index (χ0n) is 13.5. The number of nitrogens with one attached hydrogen (secondary N) is 2. The van der Waals surface area contributed by atoms with Gasteiger partial charge in [0.25, 0.3) is 0 Å². The molecule has 0 aliphatic carbocycles. The van der Waals surface area contributed by atoms with E-state index < -0.39 is 0 Å². The summed E-state index contributed by atoms with van der Waals surface area (Å²) < 4.78 is 5.16. The van der Waals surface area contributed by atoms with Gasteiger partial charge in [0, 0.05) is 17.8 Å². The van der Waals surface area contributed by atoms with E-state index >= 15 is 0 Å². The number of carbonyl (C=O) groups is 1. The van der Waals surface area contributed by atoms with Crippen molar-refractivity contribution in [1.82, 2.24) is 15.5 Å². The molecule has 2 atom stereocenters. The molecule has 3 N–H and O–H groups in total. The van der Waals surface area contributed by atoms with Gasteiger partial charge >= 0.3 is 6.03 Å². The normalized spacial score (nSPS) is 13.4. The van der Waals surface area contributed by atoms with Gasteiger partial charge in [0.1, 0.15) is 0 Å². The third-order valence-electron chi connectivity index (χ3n) is 3.45. The van der Waals surface area contributed by atoms with Crippen molar-refractivity contribution in [2.45, 2.75) is 33.3 Å². The quantitative estimate of drug-likeness (QED) is 0.760. The van der Waals surface area contributed by atoms with Crippen LogP contribution in [0, 0.1) is 12.8 Å². The molecule has 0 saturated carbocycles. The van der Waals surface area contributed by atoms with E-state index in [0.29, 0.717) is 24.5 Å². The number of anilines is 1. The van der Waals surface area contributed by atoms with E-state index in [0.717, 1.165) is 11.1 Å². The van der Waals surface area contributed by atoms with Crippen LogP contribution >= 0.6 is 0 Å². The van der Waals surface area contributed by atoms with E-state index in [-0.39, 0.29) is 18.1 Å². The number of hydrogen-bond acceptors (Lipinski definition) is 5. The van der Waals surface area contributed by atoms with Crippen LogP contribution in [0.25, 0.3) is 11.5 Å². The molecular weight excluding hydrogens is 296 g/mol. The van der Waals surface area contributed by atoms with E-state index in [1.165, 1.54) is 6.39 Å². The molecule has 1 aromatic heterocycles. The second-order valence-corrected chi connectivity index (χ2v) is 5.80. The minimum Gasteiger partial charge on any atom is -0.423 e. The van der Waals surface area contributed by atoms with E-state index in [1.807, 2.05) is 26.0 Å². The first-order valence-electron chi connectivity index (χ1n) is 7.55. The average molecular weight is 318 g/mol. The highest BCUT2D eigenvalue weighted by Gasteiger charge is 2.11. The molecule has 0 fully saturated rings.